The van der Waals surface area contributed by atoms with Gasteiger partial charge in [0.1, 0.15) is 5.72 Å². The number of rotatable bonds is 1. The van der Waals surface area contributed by atoms with E-state index in [4.69, 9.17) is 4.74 Å². The van der Waals surface area contributed by atoms with Crippen LogP contribution in [0.15, 0.2) is 0 Å². The molecular formula is C13H21NO3. The largest absolute Gasteiger partial charge is 0.393 e. The molecule has 4 heteroatoms. The summed E-state index contributed by atoms with van der Waals surface area (Å²) in [5.41, 5.74) is -0.316. The molecule has 1 amide bonds. The second-order valence-corrected chi connectivity index (χ2v) is 5.69. The van der Waals surface area contributed by atoms with E-state index in [-0.39, 0.29) is 23.6 Å². The Kier molecular flexibility index (Phi) is 2.67. The van der Waals surface area contributed by atoms with E-state index in [1.807, 2.05) is 4.90 Å². The highest BCUT2D eigenvalue weighted by Gasteiger charge is 2.60. The molecule has 2 heterocycles. The molecule has 96 valence electrons. The Morgan fingerprint density at radius 3 is 2.76 bits per heavy atom. The SMILES string of the molecule is C[C@H](O)[C@H]1C(=O)N2[C@H]1CCOC21CCCCC1. The summed E-state index contributed by atoms with van der Waals surface area (Å²) in [5.74, 6) is -0.0794. The van der Waals surface area contributed by atoms with Gasteiger partial charge in [0.25, 0.3) is 0 Å². The van der Waals surface area contributed by atoms with Crippen molar-refractivity contribution in [3.8, 4) is 0 Å². The zero-order valence-corrected chi connectivity index (χ0v) is 10.4. The first-order valence-electron chi connectivity index (χ1n) is 6.81. The Labute approximate surface area is 102 Å². The number of hydrogen-bond donors (Lipinski definition) is 1. The van der Waals surface area contributed by atoms with Gasteiger partial charge in [-0.3, -0.25) is 4.79 Å². The summed E-state index contributed by atoms with van der Waals surface area (Å²) in [7, 11) is 0. The van der Waals surface area contributed by atoms with Crippen LogP contribution in [0.2, 0.25) is 0 Å². The molecule has 3 aliphatic rings. The van der Waals surface area contributed by atoms with Gasteiger partial charge in [-0.2, -0.15) is 0 Å². The number of carbonyl (C=O) groups excluding carboxylic acids is 1. The van der Waals surface area contributed by atoms with E-state index in [0.717, 1.165) is 38.7 Å². The predicted molar refractivity (Wildman–Crippen MR) is 62.2 cm³/mol. The lowest BCUT2D eigenvalue weighted by molar-refractivity contribution is -0.261. The highest BCUT2D eigenvalue weighted by molar-refractivity contribution is 5.87. The number of aliphatic hydroxyl groups excluding tert-OH is 1. The summed E-state index contributed by atoms with van der Waals surface area (Å²) in [6.07, 6.45) is 5.85. The summed E-state index contributed by atoms with van der Waals surface area (Å²) in [6, 6.07) is 0.217. The van der Waals surface area contributed by atoms with E-state index in [1.165, 1.54) is 6.42 Å². The highest BCUT2D eigenvalue weighted by Crippen LogP contribution is 2.47. The number of amides is 1. The van der Waals surface area contributed by atoms with E-state index in [2.05, 4.69) is 0 Å². The fourth-order valence-electron chi connectivity index (χ4n) is 3.84. The number of nitrogens with zero attached hydrogens (tertiary/aromatic N) is 1. The molecule has 0 aromatic carbocycles. The summed E-state index contributed by atoms with van der Waals surface area (Å²) < 4.78 is 5.96. The van der Waals surface area contributed by atoms with Crippen LogP contribution in [0.25, 0.3) is 0 Å². The number of fused-ring (bicyclic) bond motifs is 2. The van der Waals surface area contributed by atoms with E-state index < -0.39 is 6.10 Å². The minimum Gasteiger partial charge on any atom is -0.393 e. The van der Waals surface area contributed by atoms with Crippen molar-refractivity contribution in [2.24, 2.45) is 5.92 Å². The minimum absolute atomic E-state index is 0.103. The summed E-state index contributed by atoms with van der Waals surface area (Å²) in [4.78, 5) is 14.1. The topological polar surface area (TPSA) is 49.8 Å². The zero-order valence-electron chi connectivity index (χ0n) is 10.4. The molecule has 0 radical (unpaired) electrons. The number of ether oxygens (including phenoxy) is 1. The summed E-state index contributed by atoms with van der Waals surface area (Å²) >= 11 is 0. The Morgan fingerprint density at radius 1 is 1.41 bits per heavy atom. The predicted octanol–water partition coefficient (Wildman–Crippen LogP) is 1.27. The zero-order chi connectivity index (χ0) is 12.0. The maximum Gasteiger partial charge on any atom is 0.232 e. The van der Waals surface area contributed by atoms with Gasteiger partial charge in [0.05, 0.1) is 24.7 Å². The monoisotopic (exact) mass is 239 g/mol. The van der Waals surface area contributed by atoms with Crippen LogP contribution in [0.1, 0.15) is 45.4 Å². The smallest absolute Gasteiger partial charge is 0.232 e. The number of β-lactam (4-membered cyclic amide) rings is 1. The van der Waals surface area contributed by atoms with Crippen molar-refractivity contribution >= 4 is 5.91 Å². The Hall–Kier alpha value is -0.610. The number of hydrogen-bond acceptors (Lipinski definition) is 3. The van der Waals surface area contributed by atoms with Gasteiger partial charge in [-0.05, 0) is 39.0 Å². The fourth-order valence-corrected chi connectivity index (χ4v) is 3.84. The standard InChI is InChI=1S/C13H21NO3/c1-9(15)11-10-5-8-17-13(14(10)12(11)16)6-3-2-4-7-13/h9-11,15H,2-8H2,1H3/t9-,10-,11+/m0/s1. The Bertz CT molecular complexity index is 317. The van der Waals surface area contributed by atoms with Crippen LogP contribution in [-0.2, 0) is 9.53 Å². The van der Waals surface area contributed by atoms with Crippen LogP contribution in [0.5, 0.6) is 0 Å². The van der Waals surface area contributed by atoms with Gasteiger partial charge >= 0.3 is 0 Å². The third kappa shape index (κ3) is 1.54. The van der Waals surface area contributed by atoms with Gasteiger partial charge < -0.3 is 14.7 Å². The van der Waals surface area contributed by atoms with Crippen molar-refractivity contribution in [2.75, 3.05) is 6.61 Å². The van der Waals surface area contributed by atoms with Gasteiger partial charge in [-0.1, -0.05) is 6.42 Å². The molecule has 0 unspecified atom stereocenters. The molecule has 3 fully saturated rings. The van der Waals surface area contributed by atoms with Crippen molar-refractivity contribution in [3.05, 3.63) is 0 Å². The van der Waals surface area contributed by atoms with Crippen molar-refractivity contribution < 1.29 is 14.6 Å². The normalized spacial score (nSPS) is 37.5. The quantitative estimate of drug-likeness (QED) is 0.701. The van der Waals surface area contributed by atoms with Crippen LogP contribution < -0.4 is 0 Å². The second-order valence-electron chi connectivity index (χ2n) is 5.69. The van der Waals surface area contributed by atoms with E-state index >= 15 is 0 Å². The van der Waals surface area contributed by atoms with E-state index in [1.54, 1.807) is 6.92 Å². The molecule has 1 aliphatic carbocycles. The molecule has 2 aliphatic heterocycles. The maximum absolute atomic E-state index is 12.2. The third-order valence-corrected chi connectivity index (χ3v) is 4.65. The number of aliphatic hydroxyl groups is 1. The third-order valence-electron chi connectivity index (χ3n) is 4.65. The van der Waals surface area contributed by atoms with Crippen LogP contribution >= 0.6 is 0 Å². The highest BCUT2D eigenvalue weighted by atomic mass is 16.5. The number of carbonyl (C=O) groups is 1. The molecule has 2 saturated heterocycles. The average molecular weight is 239 g/mol. The van der Waals surface area contributed by atoms with Crippen LogP contribution in [0.3, 0.4) is 0 Å². The van der Waals surface area contributed by atoms with Crippen LogP contribution in [0, 0.1) is 5.92 Å². The van der Waals surface area contributed by atoms with Crippen LogP contribution in [-0.4, -0.2) is 40.4 Å². The van der Waals surface area contributed by atoms with E-state index in [9.17, 15) is 9.90 Å². The fraction of sp³-hybridized carbons (Fsp3) is 0.923. The summed E-state index contributed by atoms with van der Waals surface area (Å²) in [5, 5.41) is 9.68. The second kappa shape index (κ2) is 3.95. The molecule has 17 heavy (non-hydrogen) atoms. The van der Waals surface area contributed by atoms with Gasteiger partial charge in [0.15, 0.2) is 0 Å². The van der Waals surface area contributed by atoms with Gasteiger partial charge in [-0.15, -0.1) is 0 Å². The Balaban J connectivity index is 1.82. The first-order chi connectivity index (χ1) is 8.16. The molecule has 3 rings (SSSR count). The maximum atomic E-state index is 12.2. The van der Waals surface area contributed by atoms with Gasteiger partial charge in [0.2, 0.25) is 5.91 Å². The van der Waals surface area contributed by atoms with Gasteiger partial charge in [0, 0.05) is 0 Å². The summed E-state index contributed by atoms with van der Waals surface area (Å²) in [6.45, 7) is 2.46. The molecule has 3 atom stereocenters. The Morgan fingerprint density at radius 2 is 2.12 bits per heavy atom. The first-order valence-corrected chi connectivity index (χ1v) is 6.81. The van der Waals surface area contributed by atoms with Gasteiger partial charge in [-0.25, -0.2) is 0 Å². The molecule has 1 N–H and O–H groups in total. The molecule has 0 aromatic heterocycles. The minimum atomic E-state index is -0.525. The van der Waals surface area contributed by atoms with Crippen molar-refractivity contribution in [3.63, 3.8) is 0 Å². The molecule has 1 spiro atoms. The molecule has 0 bridgehead atoms. The average Bonchev–Trinajstić information content (AvgIpc) is 2.28. The molecular weight excluding hydrogens is 218 g/mol. The van der Waals surface area contributed by atoms with E-state index in [0.29, 0.717) is 0 Å². The lowest BCUT2D eigenvalue weighted by Gasteiger charge is -2.61. The molecule has 4 nitrogen and oxygen atoms in total. The van der Waals surface area contributed by atoms with Crippen LogP contribution in [0.4, 0.5) is 0 Å². The van der Waals surface area contributed by atoms with Crippen molar-refractivity contribution in [2.45, 2.75) is 63.3 Å². The first kappa shape index (κ1) is 11.5. The lowest BCUT2D eigenvalue weighted by atomic mass is 9.75. The van der Waals surface area contributed by atoms with Crippen molar-refractivity contribution in [1.29, 1.82) is 0 Å². The molecule has 1 saturated carbocycles. The van der Waals surface area contributed by atoms with Crippen molar-refractivity contribution in [1.82, 2.24) is 4.90 Å². The molecule has 0 aromatic rings. The lowest BCUT2D eigenvalue weighted by Crippen LogP contribution is -2.75.